The van der Waals surface area contributed by atoms with Gasteiger partial charge in [-0.15, -0.1) is 5.10 Å². The predicted octanol–water partition coefficient (Wildman–Crippen LogP) is 4.09. The first-order valence-electron chi connectivity index (χ1n) is 8.87. The predicted molar refractivity (Wildman–Crippen MR) is 104 cm³/mol. The lowest BCUT2D eigenvalue weighted by Gasteiger charge is -2.18. The highest BCUT2D eigenvalue weighted by Gasteiger charge is 2.20. The quantitative estimate of drug-likeness (QED) is 0.552. The molecule has 0 saturated carbocycles. The van der Waals surface area contributed by atoms with Crippen molar-refractivity contribution in [1.29, 1.82) is 0 Å². The molecule has 4 rings (SSSR count). The molecule has 3 N–H and O–H groups in total. The second-order valence-electron chi connectivity index (χ2n) is 6.47. The number of rotatable bonds is 6. The van der Waals surface area contributed by atoms with Crippen LogP contribution in [0.2, 0.25) is 0 Å². The average Bonchev–Trinajstić information content (AvgIpc) is 3.15. The van der Waals surface area contributed by atoms with Gasteiger partial charge in [-0.1, -0.05) is 60.7 Å². The number of nitrogens with zero attached hydrogens (tertiary/aromatic N) is 3. The van der Waals surface area contributed by atoms with Gasteiger partial charge in [0.25, 0.3) is 0 Å². The molecule has 0 aliphatic heterocycles. The van der Waals surface area contributed by atoms with Gasteiger partial charge in [0.15, 0.2) is 0 Å². The molecule has 1 atom stereocenters. The summed E-state index contributed by atoms with van der Waals surface area (Å²) in [4.78, 5) is 4.27. The van der Waals surface area contributed by atoms with E-state index in [0.29, 0.717) is 11.5 Å². The number of aromatic amines is 1. The highest BCUT2D eigenvalue weighted by molar-refractivity contribution is 5.77. The lowest BCUT2D eigenvalue weighted by molar-refractivity contribution is 0.663. The third-order valence-electron chi connectivity index (χ3n) is 4.72. The Morgan fingerprint density at radius 2 is 1.65 bits per heavy atom. The van der Waals surface area contributed by atoms with Gasteiger partial charge in [-0.25, -0.2) is 4.98 Å². The van der Waals surface area contributed by atoms with Gasteiger partial charge in [-0.05, 0) is 42.0 Å². The largest absolute Gasteiger partial charge is 0.384 e. The topological polar surface area (TPSA) is 80.5 Å². The number of hydrogen-bond acceptors (Lipinski definition) is 4. The van der Waals surface area contributed by atoms with Crippen LogP contribution in [0.15, 0.2) is 66.7 Å². The highest BCUT2D eigenvalue weighted by Crippen LogP contribution is 2.33. The summed E-state index contributed by atoms with van der Waals surface area (Å²) in [5.74, 6) is 0.684. The van der Waals surface area contributed by atoms with Crippen LogP contribution < -0.4 is 5.73 Å². The van der Waals surface area contributed by atoms with Crippen LogP contribution in [-0.2, 0) is 6.42 Å². The number of hydrogen-bond donors (Lipinski definition) is 2. The van der Waals surface area contributed by atoms with E-state index in [9.17, 15) is 0 Å². The summed E-state index contributed by atoms with van der Waals surface area (Å²) in [6.07, 6.45) is 3.13. The Hall–Kier alpha value is -3.21. The van der Waals surface area contributed by atoms with E-state index in [2.05, 4.69) is 75.0 Å². The first-order valence-corrected chi connectivity index (χ1v) is 8.87. The molecule has 0 fully saturated rings. The number of nitrogen functional groups attached to an aromatic ring is 1. The minimum atomic E-state index is 0.206. The molecule has 0 bridgehead atoms. The van der Waals surface area contributed by atoms with E-state index in [4.69, 9.17) is 5.73 Å². The zero-order valence-corrected chi connectivity index (χ0v) is 14.5. The Labute approximate surface area is 152 Å². The third-order valence-corrected chi connectivity index (χ3v) is 4.72. The van der Waals surface area contributed by atoms with E-state index < -0.39 is 0 Å². The Balaban J connectivity index is 1.66. The van der Waals surface area contributed by atoms with Gasteiger partial charge in [0, 0.05) is 5.92 Å². The zero-order valence-electron chi connectivity index (χ0n) is 14.5. The lowest BCUT2D eigenvalue weighted by atomic mass is 9.86. The molecule has 0 saturated heterocycles. The Morgan fingerprint density at radius 1 is 0.923 bits per heavy atom. The van der Waals surface area contributed by atoms with Crippen LogP contribution in [0.25, 0.3) is 11.2 Å². The van der Waals surface area contributed by atoms with Gasteiger partial charge in [0.05, 0.1) is 0 Å². The van der Waals surface area contributed by atoms with Crippen molar-refractivity contribution in [2.24, 2.45) is 0 Å². The fraction of sp³-hybridized carbons (Fsp3) is 0.190. The molecule has 0 spiro atoms. The fourth-order valence-corrected chi connectivity index (χ4v) is 3.49. The van der Waals surface area contributed by atoms with Crippen molar-refractivity contribution in [1.82, 2.24) is 20.4 Å². The SMILES string of the molecule is Nc1cc(C(CCCc2ccccc2)c2ccccc2)c2n[nH]nc2n1. The van der Waals surface area contributed by atoms with Gasteiger partial charge in [-0.2, -0.15) is 10.3 Å². The maximum Gasteiger partial charge on any atom is 0.203 e. The fourth-order valence-electron chi connectivity index (χ4n) is 3.49. The van der Waals surface area contributed by atoms with Crippen LogP contribution in [0.1, 0.15) is 35.4 Å². The molecule has 0 aliphatic carbocycles. The van der Waals surface area contributed by atoms with Gasteiger partial charge in [-0.3, -0.25) is 0 Å². The van der Waals surface area contributed by atoms with Gasteiger partial charge in [0.2, 0.25) is 5.65 Å². The molecule has 0 amide bonds. The van der Waals surface area contributed by atoms with E-state index >= 15 is 0 Å². The summed E-state index contributed by atoms with van der Waals surface area (Å²) >= 11 is 0. The maximum atomic E-state index is 6.03. The second kappa shape index (κ2) is 7.35. The molecule has 26 heavy (non-hydrogen) atoms. The van der Waals surface area contributed by atoms with E-state index in [1.807, 2.05) is 12.1 Å². The summed E-state index contributed by atoms with van der Waals surface area (Å²) < 4.78 is 0. The van der Waals surface area contributed by atoms with Crippen LogP contribution in [0.4, 0.5) is 5.82 Å². The molecule has 2 aromatic carbocycles. The molecule has 0 radical (unpaired) electrons. The van der Waals surface area contributed by atoms with Crippen molar-refractivity contribution in [2.45, 2.75) is 25.2 Å². The van der Waals surface area contributed by atoms with Crippen LogP contribution in [0, 0.1) is 0 Å². The average molecular weight is 343 g/mol. The number of fused-ring (bicyclic) bond motifs is 1. The number of aromatic nitrogens is 4. The van der Waals surface area contributed by atoms with E-state index in [1.165, 1.54) is 11.1 Å². The maximum absolute atomic E-state index is 6.03. The van der Waals surface area contributed by atoms with Crippen LogP contribution in [0.3, 0.4) is 0 Å². The minimum Gasteiger partial charge on any atom is -0.384 e. The monoisotopic (exact) mass is 343 g/mol. The van der Waals surface area contributed by atoms with Crippen molar-refractivity contribution in [3.8, 4) is 0 Å². The summed E-state index contributed by atoms with van der Waals surface area (Å²) in [7, 11) is 0. The number of benzene rings is 2. The van der Waals surface area contributed by atoms with Crippen molar-refractivity contribution >= 4 is 17.0 Å². The molecule has 130 valence electrons. The lowest BCUT2D eigenvalue weighted by Crippen LogP contribution is -2.05. The number of nitrogens with one attached hydrogen (secondary N) is 1. The van der Waals surface area contributed by atoms with Gasteiger partial charge >= 0.3 is 0 Å². The summed E-state index contributed by atoms with van der Waals surface area (Å²) in [6, 6.07) is 23.0. The molecule has 5 nitrogen and oxygen atoms in total. The van der Waals surface area contributed by atoms with Gasteiger partial charge in [0.1, 0.15) is 11.3 Å². The van der Waals surface area contributed by atoms with Crippen LogP contribution in [-0.4, -0.2) is 20.4 Å². The summed E-state index contributed by atoms with van der Waals surface area (Å²) in [5.41, 5.74) is 11.1. The van der Waals surface area contributed by atoms with Crippen molar-refractivity contribution < 1.29 is 0 Å². The van der Waals surface area contributed by atoms with Crippen LogP contribution >= 0.6 is 0 Å². The standard InChI is InChI=1S/C21H21N5/c22-19-14-18(20-21(23-19)25-26-24-20)17(16-11-5-2-6-12-16)13-7-10-15-8-3-1-4-9-15/h1-6,8-9,11-12,14,17H,7,10,13H2,(H3,22,23,24,25,26). The van der Waals surface area contributed by atoms with Crippen molar-refractivity contribution in [3.63, 3.8) is 0 Å². The van der Waals surface area contributed by atoms with Crippen molar-refractivity contribution in [3.05, 3.63) is 83.4 Å². The molecule has 2 aromatic heterocycles. The molecule has 0 aliphatic rings. The van der Waals surface area contributed by atoms with Gasteiger partial charge < -0.3 is 5.73 Å². The smallest absolute Gasteiger partial charge is 0.203 e. The minimum absolute atomic E-state index is 0.206. The van der Waals surface area contributed by atoms with Crippen LogP contribution in [0.5, 0.6) is 0 Å². The number of H-pyrrole nitrogens is 1. The number of anilines is 1. The van der Waals surface area contributed by atoms with Crippen molar-refractivity contribution in [2.75, 3.05) is 5.73 Å². The molecular formula is C21H21N5. The first-order chi connectivity index (χ1) is 12.8. The zero-order chi connectivity index (χ0) is 17.8. The highest BCUT2D eigenvalue weighted by atomic mass is 15.3. The van der Waals surface area contributed by atoms with E-state index in [1.54, 1.807) is 0 Å². The second-order valence-corrected chi connectivity index (χ2v) is 6.47. The number of nitrogens with two attached hydrogens (primary N) is 1. The third kappa shape index (κ3) is 3.42. The molecule has 4 aromatic rings. The normalized spacial score (nSPS) is 12.3. The summed E-state index contributed by atoms with van der Waals surface area (Å²) in [5, 5.41) is 11.1. The summed E-state index contributed by atoms with van der Waals surface area (Å²) in [6.45, 7) is 0. The number of aryl methyl sites for hydroxylation is 1. The van der Waals surface area contributed by atoms with E-state index in [0.717, 1.165) is 30.3 Å². The Morgan fingerprint density at radius 3 is 2.42 bits per heavy atom. The Bertz CT molecular complexity index is 979. The molecule has 1 unspecified atom stereocenters. The number of pyridine rings is 1. The molecule has 5 heteroatoms. The molecular weight excluding hydrogens is 322 g/mol. The van der Waals surface area contributed by atoms with E-state index in [-0.39, 0.29) is 5.92 Å². The Kier molecular flexibility index (Phi) is 4.60. The first kappa shape index (κ1) is 16.3. The molecule has 2 heterocycles.